The molecule has 0 saturated heterocycles. The van der Waals surface area contributed by atoms with Crippen molar-refractivity contribution in [2.75, 3.05) is 13.6 Å². The van der Waals surface area contributed by atoms with E-state index in [4.69, 9.17) is 4.74 Å². The van der Waals surface area contributed by atoms with E-state index in [-0.39, 0.29) is 24.4 Å². The van der Waals surface area contributed by atoms with Crippen molar-refractivity contribution in [1.29, 1.82) is 0 Å². The van der Waals surface area contributed by atoms with Gasteiger partial charge in [-0.15, -0.1) is 12.4 Å². The zero-order valence-corrected chi connectivity index (χ0v) is 15.8. The SMILES string of the molecule is CNC(C)CNC(=O)C(C)Oc1ccccc1Cc1ccccc1.Cl. The second-order valence-electron chi connectivity index (χ2n) is 5.97. The summed E-state index contributed by atoms with van der Waals surface area (Å²) in [4.78, 5) is 12.2. The summed E-state index contributed by atoms with van der Waals surface area (Å²) in [5.74, 6) is 0.650. The molecule has 5 heteroatoms. The predicted molar refractivity (Wildman–Crippen MR) is 105 cm³/mol. The lowest BCUT2D eigenvalue weighted by Crippen LogP contribution is -2.42. The molecule has 0 spiro atoms. The fourth-order valence-corrected chi connectivity index (χ4v) is 2.32. The van der Waals surface area contributed by atoms with Gasteiger partial charge >= 0.3 is 0 Å². The lowest BCUT2D eigenvalue weighted by molar-refractivity contribution is -0.127. The van der Waals surface area contributed by atoms with Crippen LogP contribution in [0.3, 0.4) is 0 Å². The summed E-state index contributed by atoms with van der Waals surface area (Å²) in [5.41, 5.74) is 2.29. The van der Waals surface area contributed by atoms with Gasteiger partial charge in [-0.1, -0.05) is 48.5 Å². The van der Waals surface area contributed by atoms with Gasteiger partial charge in [0.2, 0.25) is 0 Å². The summed E-state index contributed by atoms with van der Waals surface area (Å²) in [7, 11) is 1.87. The molecule has 2 rings (SSSR count). The van der Waals surface area contributed by atoms with Crippen LogP contribution in [0.15, 0.2) is 54.6 Å². The Kier molecular flexibility index (Phi) is 9.03. The van der Waals surface area contributed by atoms with Crippen molar-refractivity contribution in [3.8, 4) is 5.75 Å². The number of hydrogen-bond donors (Lipinski definition) is 2. The normalized spacial score (nSPS) is 12.6. The maximum atomic E-state index is 12.2. The topological polar surface area (TPSA) is 50.4 Å². The summed E-state index contributed by atoms with van der Waals surface area (Å²) in [6, 6.07) is 18.3. The highest BCUT2D eigenvalue weighted by molar-refractivity contribution is 5.85. The quantitative estimate of drug-likeness (QED) is 0.758. The lowest BCUT2D eigenvalue weighted by atomic mass is 10.0. The third kappa shape index (κ3) is 6.77. The van der Waals surface area contributed by atoms with Crippen molar-refractivity contribution in [2.24, 2.45) is 0 Å². The monoisotopic (exact) mass is 362 g/mol. The van der Waals surface area contributed by atoms with E-state index in [9.17, 15) is 4.79 Å². The molecule has 2 aromatic rings. The van der Waals surface area contributed by atoms with Crippen LogP contribution in [-0.2, 0) is 11.2 Å². The molecule has 0 saturated carbocycles. The van der Waals surface area contributed by atoms with E-state index in [2.05, 4.69) is 22.8 Å². The Morgan fingerprint density at radius 3 is 2.36 bits per heavy atom. The molecule has 0 heterocycles. The van der Waals surface area contributed by atoms with Gasteiger partial charge in [-0.05, 0) is 38.1 Å². The van der Waals surface area contributed by atoms with Gasteiger partial charge < -0.3 is 15.4 Å². The van der Waals surface area contributed by atoms with Crippen molar-refractivity contribution >= 4 is 18.3 Å². The van der Waals surface area contributed by atoms with Gasteiger partial charge in [0.05, 0.1) is 0 Å². The van der Waals surface area contributed by atoms with Crippen LogP contribution >= 0.6 is 12.4 Å². The van der Waals surface area contributed by atoms with Crippen LogP contribution in [0.2, 0.25) is 0 Å². The average molecular weight is 363 g/mol. The maximum absolute atomic E-state index is 12.2. The third-order valence-corrected chi connectivity index (χ3v) is 3.96. The molecule has 25 heavy (non-hydrogen) atoms. The van der Waals surface area contributed by atoms with E-state index in [1.165, 1.54) is 5.56 Å². The molecule has 2 N–H and O–H groups in total. The van der Waals surface area contributed by atoms with Gasteiger partial charge in [-0.25, -0.2) is 0 Å². The van der Waals surface area contributed by atoms with E-state index in [1.54, 1.807) is 6.92 Å². The smallest absolute Gasteiger partial charge is 0.260 e. The zero-order chi connectivity index (χ0) is 17.4. The van der Waals surface area contributed by atoms with Gasteiger partial charge in [0.1, 0.15) is 5.75 Å². The number of ether oxygens (including phenoxy) is 1. The average Bonchev–Trinajstić information content (AvgIpc) is 2.61. The number of likely N-dealkylation sites (N-methyl/N-ethyl adjacent to an activating group) is 1. The molecule has 0 aliphatic heterocycles. The Bertz CT molecular complexity index is 649. The Morgan fingerprint density at radius 1 is 1.04 bits per heavy atom. The second kappa shape index (κ2) is 10.7. The van der Waals surface area contributed by atoms with Crippen LogP contribution in [0, 0.1) is 0 Å². The number of benzene rings is 2. The maximum Gasteiger partial charge on any atom is 0.260 e. The van der Waals surface area contributed by atoms with Crippen LogP contribution in [0.5, 0.6) is 5.75 Å². The van der Waals surface area contributed by atoms with Gasteiger partial charge in [0.15, 0.2) is 6.10 Å². The van der Waals surface area contributed by atoms with Crippen molar-refractivity contribution in [2.45, 2.75) is 32.4 Å². The molecule has 0 bridgehead atoms. The number of carbonyl (C=O) groups is 1. The largest absolute Gasteiger partial charge is 0.481 e. The van der Waals surface area contributed by atoms with Gasteiger partial charge in [0, 0.05) is 19.0 Å². The number of hydrogen-bond acceptors (Lipinski definition) is 3. The Hall–Kier alpha value is -2.04. The van der Waals surface area contributed by atoms with E-state index >= 15 is 0 Å². The number of carbonyl (C=O) groups excluding carboxylic acids is 1. The first kappa shape index (κ1) is 21.0. The molecule has 1 amide bonds. The minimum Gasteiger partial charge on any atom is -0.481 e. The molecule has 0 fully saturated rings. The molecule has 0 aliphatic carbocycles. The lowest BCUT2D eigenvalue weighted by Gasteiger charge is -2.18. The number of rotatable bonds is 8. The first-order valence-electron chi connectivity index (χ1n) is 8.33. The molecule has 2 unspecified atom stereocenters. The highest BCUT2D eigenvalue weighted by atomic mass is 35.5. The molecule has 0 radical (unpaired) electrons. The molecule has 0 aromatic heterocycles. The number of halogens is 1. The van der Waals surface area contributed by atoms with Crippen molar-refractivity contribution in [3.63, 3.8) is 0 Å². The third-order valence-electron chi connectivity index (χ3n) is 3.96. The Labute approximate surface area is 156 Å². The van der Waals surface area contributed by atoms with Crippen LogP contribution in [0.25, 0.3) is 0 Å². The van der Waals surface area contributed by atoms with E-state index in [0.717, 1.165) is 17.7 Å². The summed E-state index contributed by atoms with van der Waals surface area (Å²) in [6.45, 7) is 4.37. The molecule has 2 atom stereocenters. The van der Waals surface area contributed by atoms with Crippen molar-refractivity contribution in [3.05, 3.63) is 65.7 Å². The highest BCUT2D eigenvalue weighted by Gasteiger charge is 2.16. The molecule has 136 valence electrons. The predicted octanol–water partition coefficient (Wildman–Crippen LogP) is 3.19. The molecule has 4 nitrogen and oxygen atoms in total. The van der Waals surface area contributed by atoms with E-state index < -0.39 is 6.10 Å². The fourth-order valence-electron chi connectivity index (χ4n) is 2.32. The summed E-state index contributed by atoms with van der Waals surface area (Å²) in [6.07, 6.45) is 0.244. The first-order chi connectivity index (χ1) is 11.6. The minimum absolute atomic E-state index is 0. The van der Waals surface area contributed by atoms with Crippen LogP contribution < -0.4 is 15.4 Å². The van der Waals surface area contributed by atoms with E-state index in [1.807, 2.05) is 56.4 Å². The summed E-state index contributed by atoms with van der Waals surface area (Å²) < 4.78 is 5.91. The number of para-hydroxylation sites is 1. The minimum atomic E-state index is -0.536. The fraction of sp³-hybridized carbons (Fsp3) is 0.350. The summed E-state index contributed by atoms with van der Waals surface area (Å²) >= 11 is 0. The van der Waals surface area contributed by atoms with Gasteiger partial charge in [-0.2, -0.15) is 0 Å². The van der Waals surface area contributed by atoms with Crippen LogP contribution in [0.4, 0.5) is 0 Å². The zero-order valence-electron chi connectivity index (χ0n) is 15.0. The van der Waals surface area contributed by atoms with Crippen molar-refractivity contribution < 1.29 is 9.53 Å². The Morgan fingerprint density at radius 2 is 1.68 bits per heavy atom. The molecule has 2 aromatic carbocycles. The second-order valence-corrected chi connectivity index (χ2v) is 5.97. The molecular weight excluding hydrogens is 336 g/mol. The highest BCUT2D eigenvalue weighted by Crippen LogP contribution is 2.22. The number of nitrogens with one attached hydrogen (secondary N) is 2. The number of amides is 1. The first-order valence-corrected chi connectivity index (χ1v) is 8.33. The van der Waals surface area contributed by atoms with Gasteiger partial charge in [0.25, 0.3) is 5.91 Å². The van der Waals surface area contributed by atoms with E-state index in [0.29, 0.717) is 6.54 Å². The summed E-state index contributed by atoms with van der Waals surface area (Å²) in [5, 5.41) is 5.99. The standard InChI is InChI=1S/C20H26N2O2.ClH/c1-15(21-3)14-22-20(23)16(2)24-19-12-8-7-11-18(19)13-17-9-5-4-6-10-17;/h4-12,15-16,21H,13-14H2,1-3H3,(H,22,23);1H. The molecular formula is C20H27ClN2O2. The van der Waals surface area contributed by atoms with Crippen LogP contribution in [-0.4, -0.2) is 31.6 Å². The van der Waals surface area contributed by atoms with Crippen molar-refractivity contribution in [1.82, 2.24) is 10.6 Å². The van der Waals surface area contributed by atoms with Crippen LogP contribution in [0.1, 0.15) is 25.0 Å². The Balaban J connectivity index is 0.00000312. The molecule has 0 aliphatic rings. The van der Waals surface area contributed by atoms with Gasteiger partial charge in [-0.3, -0.25) is 4.79 Å².